The average molecular weight is 138 g/mol. The summed E-state index contributed by atoms with van der Waals surface area (Å²) in [7, 11) is 1.41. The first-order valence-corrected chi connectivity index (χ1v) is 3.31. The van der Waals surface area contributed by atoms with Gasteiger partial charge in [-0.25, -0.2) is 0 Å². The van der Waals surface area contributed by atoms with Crippen LogP contribution < -0.4 is 0 Å². The summed E-state index contributed by atoms with van der Waals surface area (Å²) in [6.07, 6.45) is 6.69. The first-order valence-electron chi connectivity index (χ1n) is 3.31. The highest BCUT2D eigenvalue weighted by atomic mass is 16.5. The van der Waals surface area contributed by atoms with Crippen LogP contribution >= 0.6 is 0 Å². The second-order valence-corrected chi connectivity index (χ2v) is 2.53. The summed E-state index contributed by atoms with van der Waals surface area (Å²) in [5.74, 6) is 2.92. The van der Waals surface area contributed by atoms with Crippen molar-refractivity contribution in [2.24, 2.45) is 11.8 Å². The van der Waals surface area contributed by atoms with E-state index in [4.69, 9.17) is 6.42 Å². The van der Waals surface area contributed by atoms with Crippen LogP contribution in [-0.2, 0) is 9.53 Å². The minimum absolute atomic E-state index is 0.0982. The van der Waals surface area contributed by atoms with E-state index in [1.807, 2.05) is 0 Å². The molecule has 0 amide bonds. The van der Waals surface area contributed by atoms with Gasteiger partial charge in [-0.15, -0.1) is 12.3 Å². The van der Waals surface area contributed by atoms with Crippen molar-refractivity contribution < 1.29 is 9.53 Å². The third-order valence-electron chi connectivity index (χ3n) is 1.81. The Hall–Kier alpha value is -0.970. The van der Waals surface area contributed by atoms with Crippen LogP contribution in [0, 0.1) is 24.2 Å². The zero-order chi connectivity index (χ0) is 7.56. The summed E-state index contributed by atoms with van der Waals surface area (Å²) < 4.78 is 4.54. The topological polar surface area (TPSA) is 26.3 Å². The van der Waals surface area contributed by atoms with E-state index >= 15 is 0 Å². The summed E-state index contributed by atoms with van der Waals surface area (Å²) >= 11 is 0. The highest BCUT2D eigenvalue weighted by Crippen LogP contribution is 2.41. The van der Waals surface area contributed by atoms with Crippen LogP contribution in [0.5, 0.6) is 0 Å². The lowest BCUT2D eigenvalue weighted by molar-refractivity contribution is -0.142. The van der Waals surface area contributed by atoms with Crippen molar-refractivity contribution in [2.75, 3.05) is 7.11 Å². The van der Waals surface area contributed by atoms with Crippen LogP contribution in [-0.4, -0.2) is 13.1 Å². The van der Waals surface area contributed by atoms with Gasteiger partial charge in [-0.3, -0.25) is 4.79 Å². The fourth-order valence-corrected chi connectivity index (χ4v) is 1.06. The largest absolute Gasteiger partial charge is 0.469 e. The molecule has 0 heterocycles. The number of carbonyl (C=O) groups excluding carboxylic acids is 1. The first-order chi connectivity index (χ1) is 4.79. The summed E-state index contributed by atoms with van der Waals surface area (Å²) in [6.45, 7) is 0. The Kier molecular flexibility index (Phi) is 1.96. The maximum Gasteiger partial charge on any atom is 0.308 e. The summed E-state index contributed by atoms with van der Waals surface area (Å²) in [4.78, 5) is 10.8. The molecule has 1 aliphatic carbocycles. The van der Waals surface area contributed by atoms with E-state index in [0.717, 1.165) is 6.42 Å². The van der Waals surface area contributed by atoms with E-state index in [-0.39, 0.29) is 11.9 Å². The molecule has 0 aliphatic heterocycles. The molecule has 0 N–H and O–H groups in total. The van der Waals surface area contributed by atoms with E-state index in [1.165, 1.54) is 7.11 Å². The fraction of sp³-hybridized carbons (Fsp3) is 0.625. The zero-order valence-corrected chi connectivity index (χ0v) is 5.96. The van der Waals surface area contributed by atoms with Gasteiger partial charge in [0.15, 0.2) is 0 Å². The van der Waals surface area contributed by atoms with Crippen molar-refractivity contribution in [3.8, 4) is 12.3 Å². The number of ether oxygens (including phenoxy) is 1. The molecule has 54 valence electrons. The summed E-state index contributed by atoms with van der Waals surface area (Å²) in [6, 6.07) is 0. The Morgan fingerprint density at radius 3 is 3.10 bits per heavy atom. The molecule has 1 saturated carbocycles. The van der Waals surface area contributed by atoms with E-state index in [2.05, 4.69) is 10.7 Å². The maximum absolute atomic E-state index is 10.8. The molecule has 0 radical (unpaired) electrons. The quantitative estimate of drug-likeness (QED) is 0.417. The lowest BCUT2D eigenvalue weighted by atomic mass is 10.2. The van der Waals surface area contributed by atoms with Crippen LogP contribution in [0.1, 0.15) is 12.8 Å². The SMILES string of the molecule is C#CC[C@@H]1C[C@@H]1C(=O)OC. The van der Waals surface area contributed by atoms with Gasteiger partial charge in [-0.1, -0.05) is 0 Å². The van der Waals surface area contributed by atoms with Crippen LogP contribution in [0.3, 0.4) is 0 Å². The normalized spacial score (nSPS) is 28.8. The lowest BCUT2D eigenvalue weighted by Crippen LogP contribution is -2.03. The van der Waals surface area contributed by atoms with Gasteiger partial charge in [0.1, 0.15) is 0 Å². The fourth-order valence-electron chi connectivity index (χ4n) is 1.06. The van der Waals surface area contributed by atoms with Gasteiger partial charge in [0, 0.05) is 6.42 Å². The Bertz CT molecular complexity index is 178. The summed E-state index contributed by atoms with van der Waals surface area (Å²) in [5.41, 5.74) is 0. The highest BCUT2D eigenvalue weighted by molar-refractivity contribution is 5.75. The number of hydrogen-bond acceptors (Lipinski definition) is 2. The Balaban J connectivity index is 2.26. The molecule has 0 aromatic heterocycles. The van der Waals surface area contributed by atoms with Gasteiger partial charge >= 0.3 is 5.97 Å². The average Bonchev–Trinajstić information content (AvgIpc) is 2.67. The van der Waals surface area contributed by atoms with Gasteiger partial charge in [-0.2, -0.15) is 0 Å². The van der Waals surface area contributed by atoms with Crippen LogP contribution in [0.25, 0.3) is 0 Å². The molecule has 2 atom stereocenters. The Morgan fingerprint density at radius 2 is 2.60 bits per heavy atom. The Morgan fingerprint density at radius 1 is 1.90 bits per heavy atom. The molecular formula is C8H10O2. The second-order valence-electron chi connectivity index (χ2n) is 2.53. The van der Waals surface area contributed by atoms with Crippen LogP contribution in [0.4, 0.5) is 0 Å². The molecule has 10 heavy (non-hydrogen) atoms. The van der Waals surface area contributed by atoms with Crippen molar-refractivity contribution in [1.82, 2.24) is 0 Å². The molecular weight excluding hydrogens is 128 g/mol. The van der Waals surface area contributed by atoms with E-state index in [0.29, 0.717) is 12.3 Å². The van der Waals surface area contributed by atoms with Crippen molar-refractivity contribution in [3.63, 3.8) is 0 Å². The molecule has 0 aromatic rings. The molecule has 2 heteroatoms. The number of carbonyl (C=O) groups is 1. The first kappa shape index (κ1) is 7.14. The second kappa shape index (κ2) is 2.74. The van der Waals surface area contributed by atoms with Gasteiger partial charge < -0.3 is 4.74 Å². The molecule has 1 aliphatic rings. The van der Waals surface area contributed by atoms with Crippen LogP contribution in [0.2, 0.25) is 0 Å². The zero-order valence-electron chi connectivity index (χ0n) is 5.96. The molecule has 1 fully saturated rings. The summed E-state index contributed by atoms with van der Waals surface area (Å²) in [5, 5.41) is 0. The molecule has 0 saturated heterocycles. The predicted molar refractivity (Wildman–Crippen MR) is 37.1 cm³/mol. The van der Waals surface area contributed by atoms with Crippen molar-refractivity contribution in [3.05, 3.63) is 0 Å². The predicted octanol–water partition coefficient (Wildman–Crippen LogP) is 0.819. The monoisotopic (exact) mass is 138 g/mol. The minimum Gasteiger partial charge on any atom is -0.469 e. The van der Waals surface area contributed by atoms with E-state index in [1.54, 1.807) is 0 Å². The van der Waals surface area contributed by atoms with Crippen molar-refractivity contribution >= 4 is 5.97 Å². The number of hydrogen-bond donors (Lipinski definition) is 0. The number of methoxy groups -OCH3 is 1. The molecule has 0 spiro atoms. The van der Waals surface area contributed by atoms with E-state index < -0.39 is 0 Å². The molecule has 2 nitrogen and oxygen atoms in total. The molecule has 1 rings (SSSR count). The number of esters is 1. The minimum atomic E-state index is -0.111. The van der Waals surface area contributed by atoms with Gasteiger partial charge in [0.25, 0.3) is 0 Å². The third kappa shape index (κ3) is 1.30. The molecule has 0 bridgehead atoms. The smallest absolute Gasteiger partial charge is 0.308 e. The van der Waals surface area contributed by atoms with Crippen molar-refractivity contribution in [2.45, 2.75) is 12.8 Å². The Labute approximate surface area is 60.6 Å². The van der Waals surface area contributed by atoms with Crippen molar-refractivity contribution in [1.29, 1.82) is 0 Å². The number of terminal acetylenes is 1. The molecule has 0 aromatic carbocycles. The third-order valence-corrected chi connectivity index (χ3v) is 1.81. The van der Waals surface area contributed by atoms with Crippen LogP contribution in [0.15, 0.2) is 0 Å². The number of rotatable bonds is 2. The lowest BCUT2D eigenvalue weighted by Gasteiger charge is -1.93. The van der Waals surface area contributed by atoms with Gasteiger partial charge in [-0.05, 0) is 12.3 Å². The standard InChI is InChI=1S/C8H10O2/c1-3-4-6-5-7(6)8(9)10-2/h1,6-7H,4-5H2,2H3/t6-,7+/m1/s1. The molecule has 0 unspecified atom stereocenters. The van der Waals surface area contributed by atoms with Gasteiger partial charge in [0.05, 0.1) is 13.0 Å². The highest BCUT2D eigenvalue weighted by Gasteiger charge is 2.42. The maximum atomic E-state index is 10.8. The van der Waals surface area contributed by atoms with E-state index in [9.17, 15) is 4.79 Å². The van der Waals surface area contributed by atoms with Gasteiger partial charge in [0.2, 0.25) is 0 Å².